The van der Waals surface area contributed by atoms with Crippen molar-refractivity contribution in [3.05, 3.63) is 106 Å². The van der Waals surface area contributed by atoms with Gasteiger partial charge in [0.2, 0.25) is 11.8 Å². The summed E-state index contributed by atoms with van der Waals surface area (Å²) in [4.78, 5) is 32.7. The maximum Gasteiger partial charge on any atom is 0.360 e. The Bertz CT molecular complexity index is 1700. The molecule has 0 fully saturated rings. The zero-order chi connectivity index (χ0) is 36.5. The molecule has 0 radical (unpaired) electrons. The number of carbonyl (C=O) groups excluding carboxylic acids is 2. The first-order chi connectivity index (χ1) is 24.1. The third-order valence-corrected chi connectivity index (χ3v) is 6.99. The molecular formula is C34H37Cl2N7O7. The number of hydrogen-bond donors (Lipinski definition) is 1. The first-order valence-corrected chi connectivity index (χ1v) is 15.6. The van der Waals surface area contributed by atoms with Crippen LogP contribution in [-0.2, 0) is 24.0 Å². The lowest BCUT2D eigenvalue weighted by molar-refractivity contribution is -0.132. The van der Waals surface area contributed by atoms with Crippen LogP contribution in [0.5, 0.6) is 11.8 Å². The highest BCUT2D eigenvalue weighted by molar-refractivity contribution is 6.45. The second kappa shape index (κ2) is 20.0. The quantitative estimate of drug-likeness (QED) is 0.0991. The molecule has 50 heavy (non-hydrogen) atoms. The number of methoxy groups -OCH3 is 1. The van der Waals surface area contributed by atoms with Crippen LogP contribution in [0, 0.1) is 0 Å². The van der Waals surface area contributed by atoms with Crippen molar-refractivity contribution in [2.24, 2.45) is 10.3 Å². The second-order valence-electron chi connectivity index (χ2n) is 9.86. The molecule has 4 rings (SSSR count). The Kier molecular flexibility index (Phi) is 15.6. The molecule has 2 heterocycles. The summed E-state index contributed by atoms with van der Waals surface area (Å²) in [7, 11) is 5.55. The van der Waals surface area contributed by atoms with E-state index in [0.29, 0.717) is 33.0 Å². The summed E-state index contributed by atoms with van der Waals surface area (Å²) in [5.41, 5.74) is 3.23. The summed E-state index contributed by atoms with van der Waals surface area (Å²) < 4.78 is 19.2. The minimum absolute atomic E-state index is 0.0836. The predicted octanol–water partition coefficient (Wildman–Crippen LogP) is 5.63. The van der Waals surface area contributed by atoms with E-state index in [9.17, 15) is 9.59 Å². The number of hydrogen-bond acceptors (Lipinski definition) is 11. The number of carbonyl (C=O) groups is 2. The molecule has 0 unspecified atom stereocenters. The van der Waals surface area contributed by atoms with Gasteiger partial charge in [-0.3, -0.25) is 4.79 Å². The summed E-state index contributed by atoms with van der Waals surface area (Å²) in [6.45, 7) is 3.92. The van der Waals surface area contributed by atoms with Crippen molar-refractivity contribution >= 4 is 46.5 Å². The van der Waals surface area contributed by atoms with Gasteiger partial charge in [0.15, 0.2) is 11.4 Å². The van der Waals surface area contributed by atoms with Gasteiger partial charge in [0.1, 0.15) is 27.4 Å². The molecule has 0 bridgehead atoms. The first kappa shape index (κ1) is 38.8. The highest BCUT2D eigenvalue weighted by Gasteiger charge is 2.15. The molecule has 0 saturated heterocycles. The van der Waals surface area contributed by atoms with Gasteiger partial charge >= 0.3 is 5.97 Å². The van der Waals surface area contributed by atoms with Gasteiger partial charge in [-0.15, -0.1) is 10.2 Å². The third-order valence-electron chi connectivity index (χ3n) is 6.49. The highest BCUT2D eigenvalue weighted by atomic mass is 35.5. The van der Waals surface area contributed by atoms with E-state index < -0.39 is 5.97 Å². The molecule has 0 spiro atoms. The fourth-order valence-electron chi connectivity index (χ4n) is 3.90. The summed E-state index contributed by atoms with van der Waals surface area (Å²) in [6, 6.07) is 18.1. The average molecular weight is 727 g/mol. The van der Waals surface area contributed by atoms with Crippen LogP contribution in [0.3, 0.4) is 0 Å². The number of oxime groups is 2. The molecule has 264 valence electrons. The fraction of sp³-hybridized carbons (Fsp3) is 0.235. The Morgan fingerprint density at radius 3 is 1.54 bits per heavy atom. The number of amides is 1. The summed E-state index contributed by atoms with van der Waals surface area (Å²) in [6.07, 6.45) is 6.99. The van der Waals surface area contributed by atoms with E-state index in [1.165, 1.54) is 28.4 Å². The number of nitrogens with zero attached hydrogens (tertiary/aromatic N) is 6. The maximum absolute atomic E-state index is 11.7. The monoisotopic (exact) mass is 725 g/mol. The van der Waals surface area contributed by atoms with Crippen LogP contribution in [-0.4, -0.2) is 84.5 Å². The zero-order valence-electron chi connectivity index (χ0n) is 28.3. The normalized spacial score (nSPS) is 12.0. The number of esters is 1. The Hall–Kier alpha value is -5.60. The second-order valence-corrected chi connectivity index (χ2v) is 10.7. The summed E-state index contributed by atoms with van der Waals surface area (Å²) >= 11 is 11.7. The van der Waals surface area contributed by atoms with Crippen LogP contribution >= 0.6 is 23.2 Å². The summed E-state index contributed by atoms with van der Waals surface area (Å²) in [5.74, 6) is -0.00305. The van der Waals surface area contributed by atoms with Crippen LogP contribution in [0.1, 0.15) is 13.8 Å². The Morgan fingerprint density at radius 1 is 0.720 bits per heavy atom. The van der Waals surface area contributed by atoms with Gasteiger partial charge in [0, 0.05) is 41.6 Å². The van der Waals surface area contributed by atoms with Crippen molar-refractivity contribution in [2.75, 3.05) is 41.6 Å². The van der Waals surface area contributed by atoms with Crippen LogP contribution in [0.15, 0.2) is 107 Å². The van der Waals surface area contributed by atoms with Crippen molar-refractivity contribution < 1.29 is 33.5 Å². The fourth-order valence-corrected chi connectivity index (χ4v) is 4.15. The number of ether oxygens (including phenoxy) is 3. The first-order valence-electron chi connectivity index (χ1n) is 14.9. The number of aromatic nitrogens is 4. The number of rotatable bonds is 14. The average Bonchev–Trinajstić information content (AvgIpc) is 3.80. The Labute approximate surface area is 299 Å². The molecule has 0 saturated carbocycles. The van der Waals surface area contributed by atoms with Gasteiger partial charge in [-0.1, -0.05) is 33.5 Å². The van der Waals surface area contributed by atoms with E-state index in [0.717, 1.165) is 11.4 Å². The van der Waals surface area contributed by atoms with Crippen LogP contribution in [0.2, 0.25) is 10.0 Å². The van der Waals surface area contributed by atoms with Crippen molar-refractivity contribution in [3.63, 3.8) is 0 Å². The molecule has 4 aromatic rings. The molecule has 2 aromatic carbocycles. The van der Waals surface area contributed by atoms with Gasteiger partial charge in [0.25, 0.3) is 5.91 Å². The summed E-state index contributed by atoms with van der Waals surface area (Å²) in [5, 5.41) is 19.9. The van der Waals surface area contributed by atoms with E-state index in [1.54, 1.807) is 84.2 Å². The molecular weight excluding hydrogens is 689 g/mol. The molecule has 16 heteroatoms. The van der Waals surface area contributed by atoms with Crippen LogP contribution in [0.25, 0.3) is 11.4 Å². The SMILES string of the molecule is CNC(=O)C(=N/OC)/C(C)=C\COc1ccn(-c2ccc(Cl)cc2)n1.CO/N=C(C(=O)OC)\C(C)=C/COc1ccn(-c2ccc(Cl)cc2)n1. The number of benzene rings is 2. The lowest BCUT2D eigenvalue weighted by Crippen LogP contribution is -2.28. The largest absolute Gasteiger partial charge is 0.472 e. The lowest BCUT2D eigenvalue weighted by Gasteiger charge is -2.05. The Balaban J connectivity index is 0.000000270. The molecule has 1 N–H and O–H groups in total. The van der Waals surface area contributed by atoms with Crippen molar-refractivity contribution in [1.29, 1.82) is 0 Å². The molecule has 0 atom stereocenters. The van der Waals surface area contributed by atoms with E-state index >= 15 is 0 Å². The number of nitrogens with one attached hydrogen (secondary N) is 1. The van der Waals surface area contributed by atoms with E-state index in [2.05, 4.69) is 35.4 Å². The molecule has 14 nitrogen and oxygen atoms in total. The molecule has 0 aliphatic carbocycles. The molecule has 2 aromatic heterocycles. The molecule has 0 aliphatic heterocycles. The van der Waals surface area contributed by atoms with Crippen molar-refractivity contribution in [1.82, 2.24) is 24.9 Å². The van der Waals surface area contributed by atoms with Crippen LogP contribution < -0.4 is 14.8 Å². The lowest BCUT2D eigenvalue weighted by atomic mass is 10.1. The highest BCUT2D eigenvalue weighted by Crippen LogP contribution is 2.17. The zero-order valence-corrected chi connectivity index (χ0v) is 29.8. The van der Waals surface area contributed by atoms with E-state index in [1.807, 2.05) is 24.3 Å². The van der Waals surface area contributed by atoms with E-state index in [4.69, 9.17) is 37.5 Å². The van der Waals surface area contributed by atoms with Crippen LogP contribution in [0.4, 0.5) is 0 Å². The van der Waals surface area contributed by atoms with Crippen molar-refractivity contribution in [3.8, 4) is 23.1 Å². The molecule has 1 amide bonds. The predicted molar refractivity (Wildman–Crippen MR) is 191 cm³/mol. The third kappa shape index (κ3) is 11.8. The van der Waals surface area contributed by atoms with Gasteiger partial charge in [-0.25, -0.2) is 14.2 Å². The van der Waals surface area contributed by atoms with Gasteiger partial charge in [0.05, 0.1) is 18.5 Å². The van der Waals surface area contributed by atoms with Gasteiger partial charge < -0.3 is 29.2 Å². The van der Waals surface area contributed by atoms with Gasteiger partial charge in [-0.05, 0) is 85.7 Å². The Morgan fingerprint density at radius 2 is 1.14 bits per heavy atom. The van der Waals surface area contributed by atoms with E-state index in [-0.39, 0.29) is 30.5 Å². The molecule has 0 aliphatic rings. The maximum atomic E-state index is 11.7. The smallest absolute Gasteiger partial charge is 0.360 e. The minimum atomic E-state index is -0.581. The van der Waals surface area contributed by atoms with Gasteiger partial charge in [-0.2, -0.15) is 0 Å². The number of halogens is 2. The standard InChI is InChI=1S/C17H19ClN4O3.C17H18ClN3O4/c1-12(16(21-24-3)17(23)19-2)9-11-25-15-8-10-22(20-15)14-6-4-13(18)5-7-14;1-12(16(20-24-3)17(22)23-2)9-11-25-15-8-10-21(19-15)14-6-4-13(18)5-7-14/h4-10H,11H2,1-3H3,(H,19,23);4-10H,11H2,1-3H3/b12-9-,21-16+;12-9-,20-16+. The van der Waals surface area contributed by atoms with Crippen molar-refractivity contribution in [2.45, 2.75) is 13.8 Å². The topological polar surface area (TPSA) is 153 Å². The minimum Gasteiger partial charge on any atom is -0.472 e.